The summed E-state index contributed by atoms with van der Waals surface area (Å²) in [5, 5.41) is 0. The maximum absolute atomic E-state index is 12.5. The standard InChI is InChI=1S/C18H27NO2Si/c1-13(2)22(14(3)4,15(5)6)19-10-9-16(12-19)18(20)17-8-7-11-21-17/h7-15H,1-6H3. The van der Waals surface area contributed by atoms with Crippen molar-refractivity contribution in [3.05, 3.63) is 48.2 Å². The van der Waals surface area contributed by atoms with Crippen LogP contribution in [0.3, 0.4) is 0 Å². The minimum Gasteiger partial charge on any atom is -0.461 e. The van der Waals surface area contributed by atoms with E-state index in [1.54, 1.807) is 18.4 Å². The van der Waals surface area contributed by atoms with Crippen molar-refractivity contribution in [3.63, 3.8) is 0 Å². The van der Waals surface area contributed by atoms with Crippen LogP contribution in [0.2, 0.25) is 16.6 Å². The molecule has 120 valence electrons. The Bertz CT molecular complexity index is 602. The highest BCUT2D eigenvalue weighted by Crippen LogP contribution is 2.42. The number of hydrogen-bond donors (Lipinski definition) is 0. The van der Waals surface area contributed by atoms with Crippen LogP contribution < -0.4 is 0 Å². The molecule has 0 radical (unpaired) electrons. The van der Waals surface area contributed by atoms with E-state index in [1.807, 2.05) is 12.3 Å². The first-order valence-corrected chi connectivity index (χ1v) is 10.3. The number of nitrogens with zero attached hydrogens (tertiary/aromatic N) is 1. The fraction of sp³-hybridized carbons (Fsp3) is 0.500. The lowest BCUT2D eigenvalue weighted by atomic mass is 10.2. The molecule has 2 rings (SSSR count). The molecule has 2 aromatic heterocycles. The van der Waals surface area contributed by atoms with Gasteiger partial charge in [0.25, 0.3) is 0 Å². The number of aromatic nitrogens is 1. The highest BCUT2D eigenvalue weighted by Gasteiger charge is 2.45. The summed E-state index contributed by atoms with van der Waals surface area (Å²) < 4.78 is 7.62. The SMILES string of the molecule is CC(C)[Si](C(C)C)(C(C)C)n1ccc(C(=O)c2ccco2)c1. The Labute approximate surface area is 134 Å². The summed E-state index contributed by atoms with van der Waals surface area (Å²) in [7, 11) is -1.78. The summed E-state index contributed by atoms with van der Waals surface area (Å²) in [6.45, 7) is 13.9. The van der Waals surface area contributed by atoms with Crippen molar-refractivity contribution in [3.8, 4) is 0 Å². The third kappa shape index (κ3) is 2.60. The molecule has 0 fully saturated rings. The van der Waals surface area contributed by atoms with Crippen LogP contribution >= 0.6 is 0 Å². The molecule has 3 nitrogen and oxygen atoms in total. The van der Waals surface area contributed by atoms with Gasteiger partial charge < -0.3 is 8.65 Å². The number of furan rings is 1. The lowest BCUT2D eigenvalue weighted by molar-refractivity contribution is 0.101. The first kappa shape index (κ1) is 16.8. The van der Waals surface area contributed by atoms with E-state index in [2.05, 4.69) is 52.0 Å². The van der Waals surface area contributed by atoms with Crippen molar-refractivity contribution in [1.82, 2.24) is 4.23 Å². The summed E-state index contributed by atoms with van der Waals surface area (Å²) >= 11 is 0. The molecule has 0 aromatic carbocycles. The molecule has 0 saturated carbocycles. The van der Waals surface area contributed by atoms with Gasteiger partial charge in [0.15, 0.2) is 14.0 Å². The molecule has 0 aliphatic carbocycles. The van der Waals surface area contributed by atoms with Crippen molar-refractivity contribution >= 4 is 14.0 Å². The van der Waals surface area contributed by atoms with Crippen LogP contribution in [-0.2, 0) is 0 Å². The second-order valence-electron chi connectivity index (χ2n) is 6.97. The summed E-state index contributed by atoms with van der Waals surface area (Å²) in [6, 6.07) is 5.40. The van der Waals surface area contributed by atoms with Crippen LogP contribution in [0, 0.1) is 0 Å². The van der Waals surface area contributed by atoms with E-state index in [-0.39, 0.29) is 5.78 Å². The van der Waals surface area contributed by atoms with Crippen molar-refractivity contribution < 1.29 is 9.21 Å². The summed E-state index contributed by atoms with van der Waals surface area (Å²) in [4.78, 5) is 12.5. The fourth-order valence-corrected chi connectivity index (χ4v) is 10.7. The van der Waals surface area contributed by atoms with Gasteiger partial charge in [0, 0.05) is 11.8 Å². The Kier molecular flexibility index (Phi) is 4.80. The smallest absolute Gasteiger partial charge is 0.229 e. The second-order valence-corrected chi connectivity index (χ2v) is 12.7. The molecule has 22 heavy (non-hydrogen) atoms. The highest BCUT2D eigenvalue weighted by molar-refractivity contribution is 6.82. The van der Waals surface area contributed by atoms with Gasteiger partial charge in [-0.15, -0.1) is 0 Å². The van der Waals surface area contributed by atoms with Crippen LogP contribution in [0.5, 0.6) is 0 Å². The van der Waals surface area contributed by atoms with Gasteiger partial charge in [0.2, 0.25) is 5.78 Å². The summed E-state index contributed by atoms with van der Waals surface area (Å²) in [6.07, 6.45) is 5.68. The predicted molar refractivity (Wildman–Crippen MR) is 93.0 cm³/mol. The van der Waals surface area contributed by atoms with Gasteiger partial charge in [-0.2, -0.15) is 0 Å². The van der Waals surface area contributed by atoms with Gasteiger partial charge in [-0.25, -0.2) is 0 Å². The van der Waals surface area contributed by atoms with E-state index in [1.165, 1.54) is 0 Å². The van der Waals surface area contributed by atoms with E-state index < -0.39 is 8.24 Å². The molecule has 0 aliphatic heterocycles. The molecule has 0 N–H and O–H groups in total. The fourth-order valence-electron chi connectivity index (χ4n) is 4.22. The third-order valence-corrected chi connectivity index (χ3v) is 11.6. The molecule has 2 heterocycles. The first-order chi connectivity index (χ1) is 10.3. The number of carbonyl (C=O) groups is 1. The topological polar surface area (TPSA) is 35.1 Å². The van der Waals surface area contributed by atoms with E-state index in [9.17, 15) is 4.79 Å². The molecule has 0 aliphatic rings. The molecular formula is C18H27NO2Si. The minimum absolute atomic E-state index is 0.0390. The molecule has 0 spiro atoms. The Hall–Kier alpha value is -1.55. The normalized spacial score (nSPS) is 12.6. The average molecular weight is 318 g/mol. The van der Waals surface area contributed by atoms with Crippen molar-refractivity contribution in [2.75, 3.05) is 0 Å². The van der Waals surface area contributed by atoms with Crippen molar-refractivity contribution in [1.29, 1.82) is 0 Å². The van der Waals surface area contributed by atoms with Crippen LogP contribution in [0.25, 0.3) is 0 Å². The van der Waals surface area contributed by atoms with E-state index in [4.69, 9.17) is 4.42 Å². The van der Waals surface area contributed by atoms with Crippen LogP contribution in [0.4, 0.5) is 0 Å². The molecule has 0 amide bonds. The Morgan fingerprint density at radius 2 is 1.64 bits per heavy atom. The van der Waals surface area contributed by atoms with Crippen LogP contribution in [0.15, 0.2) is 41.3 Å². The molecule has 0 atom stereocenters. The first-order valence-electron chi connectivity index (χ1n) is 8.08. The molecule has 2 aromatic rings. The van der Waals surface area contributed by atoms with E-state index in [0.29, 0.717) is 27.9 Å². The zero-order valence-electron chi connectivity index (χ0n) is 14.5. The minimum atomic E-state index is -1.78. The number of ketones is 1. The van der Waals surface area contributed by atoms with Crippen LogP contribution in [-0.4, -0.2) is 18.3 Å². The quantitative estimate of drug-likeness (QED) is 0.533. The van der Waals surface area contributed by atoms with Gasteiger partial charge in [-0.1, -0.05) is 41.5 Å². The van der Waals surface area contributed by atoms with E-state index in [0.717, 1.165) is 0 Å². The van der Waals surface area contributed by atoms with Crippen LogP contribution in [0.1, 0.15) is 57.7 Å². The molecule has 0 unspecified atom stereocenters. The van der Waals surface area contributed by atoms with Crippen molar-refractivity contribution in [2.45, 2.75) is 58.2 Å². The molecule has 4 heteroatoms. The Balaban J connectivity index is 2.46. The second kappa shape index (κ2) is 6.29. The van der Waals surface area contributed by atoms with Gasteiger partial charge in [-0.05, 0) is 41.0 Å². The molecule has 0 saturated heterocycles. The Morgan fingerprint density at radius 1 is 1.05 bits per heavy atom. The average Bonchev–Trinajstić information content (AvgIpc) is 3.09. The maximum Gasteiger partial charge on any atom is 0.229 e. The van der Waals surface area contributed by atoms with Gasteiger partial charge in [-0.3, -0.25) is 4.79 Å². The van der Waals surface area contributed by atoms with Crippen molar-refractivity contribution in [2.24, 2.45) is 0 Å². The molecular weight excluding hydrogens is 290 g/mol. The lowest BCUT2D eigenvalue weighted by Crippen LogP contribution is -2.51. The zero-order valence-corrected chi connectivity index (χ0v) is 15.5. The third-order valence-electron chi connectivity index (χ3n) is 4.92. The number of hydrogen-bond acceptors (Lipinski definition) is 2. The Morgan fingerprint density at radius 3 is 2.09 bits per heavy atom. The highest BCUT2D eigenvalue weighted by atomic mass is 28.3. The summed E-state index contributed by atoms with van der Waals surface area (Å²) in [5.41, 5.74) is 2.53. The maximum atomic E-state index is 12.5. The zero-order chi connectivity index (χ0) is 16.5. The predicted octanol–water partition coefficient (Wildman–Crippen LogP) is 5.34. The van der Waals surface area contributed by atoms with Gasteiger partial charge in [0.05, 0.1) is 6.26 Å². The molecule has 0 bridgehead atoms. The monoisotopic (exact) mass is 317 g/mol. The summed E-state index contributed by atoms with van der Waals surface area (Å²) in [5.74, 6) is 0.367. The lowest BCUT2D eigenvalue weighted by Gasteiger charge is -2.44. The number of carbonyl (C=O) groups excluding carboxylic acids is 1. The van der Waals surface area contributed by atoms with Gasteiger partial charge in [0.1, 0.15) is 0 Å². The van der Waals surface area contributed by atoms with E-state index >= 15 is 0 Å². The van der Waals surface area contributed by atoms with Gasteiger partial charge >= 0.3 is 0 Å². The number of rotatable bonds is 6. The largest absolute Gasteiger partial charge is 0.461 e.